The highest BCUT2D eigenvalue weighted by molar-refractivity contribution is 5.97. The summed E-state index contributed by atoms with van der Waals surface area (Å²) in [6.07, 6.45) is 2.98. The van der Waals surface area contributed by atoms with Crippen LogP contribution in [0.1, 0.15) is 31.1 Å². The van der Waals surface area contributed by atoms with Gasteiger partial charge in [0.25, 0.3) is 0 Å². The zero-order valence-electron chi connectivity index (χ0n) is 10.8. The molecule has 6 nitrogen and oxygen atoms in total. The first-order chi connectivity index (χ1) is 8.28. The lowest BCUT2D eigenvalue weighted by molar-refractivity contribution is 0.0682. The molecule has 96 valence electrons. The zero-order valence-corrected chi connectivity index (χ0v) is 10.8. The maximum Gasteiger partial charge on any atom is 0.341 e. The lowest BCUT2D eigenvalue weighted by Crippen LogP contribution is -2.24. The van der Waals surface area contributed by atoms with Crippen LogP contribution in [0.25, 0.3) is 11.0 Å². The fourth-order valence-corrected chi connectivity index (χ4v) is 1.63. The minimum absolute atomic E-state index is 0.0467. The second kappa shape index (κ2) is 3.97. The van der Waals surface area contributed by atoms with E-state index in [9.17, 15) is 9.90 Å². The first-order valence-electron chi connectivity index (χ1n) is 5.52. The number of fused-ring (bicyclic) bond motifs is 1. The Morgan fingerprint density at radius 2 is 2.11 bits per heavy atom. The smallest absolute Gasteiger partial charge is 0.341 e. The van der Waals surface area contributed by atoms with Crippen molar-refractivity contribution < 1.29 is 14.6 Å². The summed E-state index contributed by atoms with van der Waals surface area (Å²) >= 11 is 0. The molecule has 0 saturated carbocycles. The van der Waals surface area contributed by atoms with Gasteiger partial charge < -0.3 is 9.84 Å². The Morgan fingerprint density at radius 3 is 2.67 bits per heavy atom. The molecule has 0 fully saturated rings. The summed E-state index contributed by atoms with van der Waals surface area (Å²) in [5, 5.41) is 13.9. The van der Waals surface area contributed by atoms with Crippen LogP contribution in [0.2, 0.25) is 0 Å². The summed E-state index contributed by atoms with van der Waals surface area (Å²) in [5.74, 6) is -0.749. The van der Waals surface area contributed by atoms with E-state index in [2.05, 4.69) is 10.1 Å². The Bertz CT molecular complexity index is 611. The average Bonchev–Trinajstić information content (AvgIpc) is 2.56. The van der Waals surface area contributed by atoms with Crippen molar-refractivity contribution >= 4 is 17.0 Å². The van der Waals surface area contributed by atoms with Crippen LogP contribution in [0.5, 0.6) is 5.75 Å². The van der Waals surface area contributed by atoms with Crippen molar-refractivity contribution in [2.24, 2.45) is 7.05 Å². The van der Waals surface area contributed by atoms with Crippen molar-refractivity contribution in [3.63, 3.8) is 0 Å². The summed E-state index contributed by atoms with van der Waals surface area (Å²) in [5.41, 5.74) is 0.0288. The minimum Gasteiger partial charge on any atom is -0.486 e. The molecule has 0 aliphatic carbocycles. The van der Waals surface area contributed by atoms with E-state index in [4.69, 9.17) is 4.74 Å². The van der Waals surface area contributed by atoms with E-state index in [-0.39, 0.29) is 5.56 Å². The third-order valence-electron chi connectivity index (χ3n) is 2.25. The molecule has 0 aromatic carbocycles. The Morgan fingerprint density at radius 1 is 1.44 bits per heavy atom. The van der Waals surface area contributed by atoms with Gasteiger partial charge in [0.1, 0.15) is 16.9 Å². The molecular formula is C12H15N3O3. The van der Waals surface area contributed by atoms with Gasteiger partial charge in [0.05, 0.1) is 5.39 Å². The van der Waals surface area contributed by atoms with E-state index in [0.29, 0.717) is 16.8 Å². The number of hydrogen-bond donors (Lipinski definition) is 1. The molecule has 0 amide bonds. The lowest BCUT2D eigenvalue weighted by Gasteiger charge is -2.22. The first-order valence-corrected chi connectivity index (χ1v) is 5.52. The van der Waals surface area contributed by atoms with Crippen LogP contribution in [0.3, 0.4) is 0 Å². The van der Waals surface area contributed by atoms with Crippen molar-refractivity contribution in [3.05, 3.63) is 18.0 Å². The Hall–Kier alpha value is -2.11. The number of carboxylic acids is 1. The highest BCUT2D eigenvalue weighted by Gasteiger charge is 2.22. The topological polar surface area (TPSA) is 77.2 Å². The molecule has 2 rings (SSSR count). The molecule has 0 spiro atoms. The van der Waals surface area contributed by atoms with Crippen LogP contribution in [-0.4, -0.2) is 31.4 Å². The molecule has 1 N–H and O–H groups in total. The largest absolute Gasteiger partial charge is 0.486 e. The number of ether oxygens (including phenoxy) is 1. The normalized spacial score (nSPS) is 11.8. The standard InChI is InChI=1S/C12H15N3O3/c1-12(2,3)18-9-7(11(16)17)5-13-10-8(9)6-15(4)14-10/h5-6H,1-4H3,(H,16,17). The van der Waals surface area contributed by atoms with Crippen LogP contribution in [0, 0.1) is 0 Å². The molecule has 2 heterocycles. The highest BCUT2D eigenvalue weighted by atomic mass is 16.5. The molecule has 0 saturated heterocycles. The van der Waals surface area contributed by atoms with Crippen LogP contribution in [0.15, 0.2) is 12.4 Å². The lowest BCUT2D eigenvalue weighted by atomic mass is 10.1. The van der Waals surface area contributed by atoms with Crippen molar-refractivity contribution in [1.82, 2.24) is 14.8 Å². The van der Waals surface area contributed by atoms with Gasteiger partial charge in [0, 0.05) is 19.4 Å². The molecule has 18 heavy (non-hydrogen) atoms. The van der Waals surface area contributed by atoms with Crippen LogP contribution >= 0.6 is 0 Å². The molecule has 0 atom stereocenters. The SMILES string of the molecule is Cn1cc2c(OC(C)(C)C)c(C(=O)O)cnc2n1. The summed E-state index contributed by atoms with van der Waals surface area (Å²) < 4.78 is 7.33. The third-order valence-corrected chi connectivity index (χ3v) is 2.25. The Balaban J connectivity index is 2.70. The molecule has 2 aromatic heterocycles. The van der Waals surface area contributed by atoms with Gasteiger partial charge in [-0.3, -0.25) is 4.68 Å². The van der Waals surface area contributed by atoms with Gasteiger partial charge in [-0.25, -0.2) is 9.78 Å². The minimum atomic E-state index is -1.06. The molecule has 0 aliphatic rings. The first kappa shape index (κ1) is 12.3. The molecule has 0 bridgehead atoms. The van der Waals surface area contributed by atoms with Crippen molar-refractivity contribution in [2.75, 3.05) is 0 Å². The van der Waals surface area contributed by atoms with E-state index in [1.165, 1.54) is 6.20 Å². The molecule has 0 radical (unpaired) electrons. The number of rotatable bonds is 2. The molecule has 6 heteroatoms. The highest BCUT2D eigenvalue weighted by Crippen LogP contribution is 2.30. The maximum absolute atomic E-state index is 11.2. The number of nitrogens with zero attached hydrogens (tertiary/aromatic N) is 3. The number of aryl methyl sites for hydroxylation is 1. The van der Waals surface area contributed by atoms with Gasteiger partial charge >= 0.3 is 5.97 Å². The van der Waals surface area contributed by atoms with Crippen molar-refractivity contribution in [1.29, 1.82) is 0 Å². The van der Waals surface area contributed by atoms with Crippen molar-refractivity contribution in [2.45, 2.75) is 26.4 Å². The van der Waals surface area contributed by atoms with Gasteiger partial charge in [0.15, 0.2) is 5.65 Å². The molecule has 0 unspecified atom stereocenters. The van der Waals surface area contributed by atoms with Gasteiger partial charge in [-0.1, -0.05) is 0 Å². The van der Waals surface area contributed by atoms with Crippen LogP contribution in [-0.2, 0) is 7.05 Å². The quantitative estimate of drug-likeness (QED) is 0.878. The van der Waals surface area contributed by atoms with Gasteiger partial charge in [-0.15, -0.1) is 0 Å². The van der Waals surface area contributed by atoms with E-state index < -0.39 is 11.6 Å². The van der Waals surface area contributed by atoms with E-state index >= 15 is 0 Å². The predicted molar refractivity (Wildman–Crippen MR) is 65.8 cm³/mol. The zero-order chi connectivity index (χ0) is 13.5. The fraction of sp³-hybridized carbons (Fsp3) is 0.417. The fourth-order valence-electron chi connectivity index (χ4n) is 1.63. The van der Waals surface area contributed by atoms with Gasteiger partial charge in [-0.2, -0.15) is 5.10 Å². The summed E-state index contributed by atoms with van der Waals surface area (Å²) in [4.78, 5) is 15.2. The molecule has 2 aromatic rings. The average molecular weight is 249 g/mol. The Labute approximate surface area is 104 Å². The van der Waals surface area contributed by atoms with E-state index in [1.807, 2.05) is 20.8 Å². The summed E-state index contributed by atoms with van der Waals surface area (Å²) in [6.45, 7) is 5.59. The van der Waals surface area contributed by atoms with Gasteiger partial charge in [-0.05, 0) is 20.8 Å². The summed E-state index contributed by atoms with van der Waals surface area (Å²) in [6, 6.07) is 0. The Kier molecular flexibility index (Phi) is 2.73. The van der Waals surface area contributed by atoms with E-state index in [0.717, 1.165) is 0 Å². The predicted octanol–water partition coefficient (Wildman–Crippen LogP) is 1.84. The molecular weight excluding hydrogens is 234 g/mol. The monoisotopic (exact) mass is 249 g/mol. The number of aromatic carboxylic acids is 1. The summed E-state index contributed by atoms with van der Waals surface area (Å²) in [7, 11) is 1.75. The maximum atomic E-state index is 11.2. The second-order valence-corrected chi connectivity index (χ2v) is 5.06. The van der Waals surface area contributed by atoms with Crippen LogP contribution in [0.4, 0.5) is 0 Å². The molecule has 0 aliphatic heterocycles. The number of aromatic nitrogens is 3. The number of pyridine rings is 1. The second-order valence-electron chi connectivity index (χ2n) is 5.06. The number of carboxylic acid groups (broad SMARTS) is 1. The van der Waals surface area contributed by atoms with E-state index in [1.54, 1.807) is 17.9 Å². The third kappa shape index (κ3) is 2.27. The number of hydrogen-bond acceptors (Lipinski definition) is 4. The van der Waals surface area contributed by atoms with Crippen molar-refractivity contribution in [3.8, 4) is 5.75 Å². The van der Waals surface area contributed by atoms with Crippen LogP contribution < -0.4 is 4.74 Å². The van der Waals surface area contributed by atoms with Gasteiger partial charge in [0.2, 0.25) is 0 Å². The number of carbonyl (C=O) groups is 1.